The molecule has 2 unspecified atom stereocenters. The van der Waals surface area contributed by atoms with E-state index in [1.807, 2.05) is 6.92 Å². The van der Waals surface area contributed by atoms with Crippen molar-refractivity contribution in [1.29, 1.82) is 0 Å². The largest absolute Gasteiger partial charge is 0.374 e. The first kappa shape index (κ1) is 13.9. The van der Waals surface area contributed by atoms with Crippen LogP contribution in [0.25, 0.3) is 0 Å². The van der Waals surface area contributed by atoms with Gasteiger partial charge in [-0.25, -0.2) is 0 Å². The summed E-state index contributed by atoms with van der Waals surface area (Å²) in [6.45, 7) is 4.65. The van der Waals surface area contributed by atoms with Crippen molar-refractivity contribution in [1.82, 2.24) is 5.32 Å². The summed E-state index contributed by atoms with van der Waals surface area (Å²) in [5.74, 6) is 0. The van der Waals surface area contributed by atoms with Crippen LogP contribution in [-0.4, -0.2) is 36.8 Å². The van der Waals surface area contributed by atoms with Crippen LogP contribution in [0.5, 0.6) is 0 Å². The lowest BCUT2D eigenvalue weighted by Crippen LogP contribution is -2.45. The highest BCUT2D eigenvalue weighted by Crippen LogP contribution is 2.13. The summed E-state index contributed by atoms with van der Waals surface area (Å²) in [5.41, 5.74) is 1.01. The Morgan fingerprint density at radius 1 is 1.42 bits per heavy atom. The number of rotatable bonds is 5. The van der Waals surface area contributed by atoms with E-state index in [0.717, 1.165) is 18.7 Å². The number of nitro groups is 1. The first-order chi connectivity index (χ1) is 9.15. The molecule has 1 fully saturated rings. The van der Waals surface area contributed by atoms with E-state index in [1.54, 1.807) is 12.1 Å². The van der Waals surface area contributed by atoms with Crippen molar-refractivity contribution in [3.8, 4) is 0 Å². The van der Waals surface area contributed by atoms with Crippen LogP contribution in [0.15, 0.2) is 24.3 Å². The fourth-order valence-electron chi connectivity index (χ4n) is 1.99. The number of hydrogen-bond donors (Lipinski definition) is 1. The molecule has 1 saturated heterocycles. The molecule has 19 heavy (non-hydrogen) atoms. The van der Waals surface area contributed by atoms with Crippen LogP contribution >= 0.6 is 0 Å². The summed E-state index contributed by atoms with van der Waals surface area (Å²) >= 11 is 0. The average molecular weight is 266 g/mol. The molecule has 104 valence electrons. The molecule has 0 spiro atoms. The third-order valence-electron chi connectivity index (χ3n) is 2.95. The molecule has 0 radical (unpaired) electrons. The van der Waals surface area contributed by atoms with E-state index in [4.69, 9.17) is 9.47 Å². The van der Waals surface area contributed by atoms with Crippen molar-refractivity contribution in [2.24, 2.45) is 0 Å². The lowest BCUT2D eigenvalue weighted by Gasteiger charge is -2.28. The monoisotopic (exact) mass is 266 g/mol. The van der Waals surface area contributed by atoms with Gasteiger partial charge in [-0.2, -0.15) is 0 Å². The maximum Gasteiger partial charge on any atom is 0.269 e. The van der Waals surface area contributed by atoms with E-state index >= 15 is 0 Å². The molecular weight excluding hydrogens is 248 g/mol. The molecule has 2 atom stereocenters. The smallest absolute Gasteiger partial charge is 0.269 e. The van der Waals surface area contributed by atoms with Crippen molar-refractivity contribution < 1.29 is 14.4 Å². The van der Waals surface area contributed by atoms with Crippen molar-refractivity contribution in [3.63, 3.8) is 0 Å². The topological polar surface area (TPSA) is 73.6 Å². The molecule has 6 heteroatoms. The van der Waals surface area contributed by atoms with Gasteiger partial charge in [0.2, 0.25) is 0 Å². The molecule has 1 N–H and O–H groups in total. The molecule has 1 heterocycles. The first-order valence-corrected chi connectivity index (χ1v) is 6.32. The van der Waals surface area contributed by atoms with Crippen molar-refractivity contribution in [2.45, 2.75) is 25.7 Å². The minimum atomic E-state index is -0.409. The maximum absolute atomic E-state index is 10.5. The molecule has 0 amide bonds. The molecule has 1 aliphatic heterocycles. The number of morpholine rings is 1. The van der Waals surface area contributed by atoms with Crippen molar-refractivity contribution >= 4 is 5.69 Å². The van der Waals surface area contributed by atoms with Crippen LogP contribution in [0.3, 0.4) is 0 Å². The van der Waals surface area contributed by atoms with Crippen LogP contribution in [-0.2, 0) is 16.1 Å². The van der Waals surface area contributed by atoms with Gasteiger partial charge in [0.25, 0.3) is 5.69 Å². The van der Waals surface area contributed by atoms with Gasteiger partial charge in [-0.1, -0.05) is 0 Å². The zero-order valence-electron chi connectivity index (χ0n) is 10.9. The van der Waals surface area contributed by atoms with E-state index in [1.165, 1.54) is 12.1 Å². The zero-order valence-corrected chi connectivity index (χ0v) is 10.9. The van der Waals surface area contributed by atoms with E-state index in [9.17, 15) is 10.1 Å². The highest BCUT2D eigenvalue weighted by Gasteiger charge is 2.18. The SMILES string of the molecule is CC1CNCC(COCc2ccc([N+](=O)[O-])cc2)O1. The minimum absolute atomic E-state index is 0.0711. The number of nitro benzene ring substituents is 1. The van der Waals surface area contributed by atoms with Crippen LogP contribution in [0, 0.1) is 10.1 Å². The summed E-state index contributed by atoms with van der Waals surface area (Å²) in [4.78, 5) is 10.1. The Hall–Kier alpha value is -1.50. The summed E-state index contributed by atoms with van der Waals surface area (Å²) in [5, 5.41) is 13.8. The third-order valence-corrected chi connectivity index (χ3v) is 2.95. The summed E-state index contributed by atoms with van der Waals surface area (Å²) in [6, 6.07) is 6.39. The van der Waals surface area contributed by atoms with Gasteiger partial charge in [-0.3, -0.25) is 10.1 Å². The number of ether oxygens (including phenoxy) is 2. The van der Waals surface area contributed by atoms with Crippen LogP contribution in [0.4, 0.5) is 5.69 Å². The first-order valence-electron chi connectivity index (χ1n) is 6.32. The number of benzene rings is 1. The van der Waals surface area contributed by atoms with Gasteiger partial charge < -0.3 is 14.8 Å². The summed E-state index contributed by atoms with van der Waals surface area (Å²) in [7, 11) is 0. The normalized spacial score (nSPS) is 23.2. The van der Waals surface area contributed by atoms with Crippen LogP contribution in [0.1, 0.15) is 12.5 Å². The second kappa shape index (κ2) is 6.60. The quantitative estimate of drug-likeness (QED) is 0.645. The van der Waals surface area contributed by atoms with Crippen molar-refractivity contribution in [3.05, 3.63) is 39.9 Å². The zero-order chi connectivity index (χ0) is 13.7. The number of hydrogen-bond acceptors (Lipinski definition) is 5. The average Bonchev–Trinajstić information content (AvgIpc) is 2.39. The predicted octanol–water partition coefficient (Wildman–Crippen LogP) is 1.49. The van der Waals surface area contributed by atoms with Crippen molar-refractivity contribution in [2.75, 3.05) is 19.7 Å². The Morgan fingerprint density at radius 2 is 2.16 bits per heavy atom. The molecule has 1 aliphatic rings. The molecule has 0 aliphatic carbocycles. The lowest BCUT2D eigenvalue weighted by molar-refractivity contribution is -0.384. The molecular formula is C13H18N2O4. The highest BCUT2D eigenvalue weighted by molar-refractivity contribution is 5.32. The van der Waals surface area contributed by atoms with Gasteiger partial charge in [-0.05, 0) is 24.6 Å². The van der Waals surface area contributed by atoms with E-state index < -0.39 is 4.92 Å². The molecule has 2 rings (SSSR count). The van der Waals surface area contributed by atoms with Crippen LogP contribution in [0.2, 0.25) is 0 Å². The van der Waals surface area contributed by atoms with E-state index in [2.05, 4.69) is 5.32 Å². The molecule has 0 saturated carbocycles. The van der Waals surface area contributed by atoms with E-state index in [-0.39, 0.29) is 17.9 Å². The lowest BCUT2D eigenvalue weighted by atomic mass is 10.2. The predicted molar refractivity (Wildman–Crippen MR) is 70.0 cm³/mol. The maximum atomic E-state index is 10.5. The standard InChI is InChI=1S/C13H18N2O4/c1-10-6-14-7-13(19-10)9-18-8-11-2-4-12(5-3-11)15(16)17/h2-5,10,13-14H,6-9H2,1H3. The molecule has 0 bridgehead atoms. The molecule has 1 aromatic rings. The Kier molecular flexibility index (Phi) is 4.84. The minimum Gasteiger partial charge on any atom is -0.374 e. The Labute approximate surface area is 111 Å². The van der Waals surface area contributed by atoms with Gasteiger partial charge >= 0.3 is 0 Å². The number of nitrogens with one attached hydrogen (secondary N) is 1. The Balaban J connectivity index is 1.74. The Morgan fingerprint density at radius 3 is 2.79 bits per heavy atom. The second-order valence-corrected chi connectivity index (χ2v) is 4.67. The molecule has 1 aromatic carbocycles. The van der Waals surface area contributed by atoms with Crippen LogP contribution < -0.4 is 5.32 Å². The van der Waals surface area contributed by atoms with Gasteiger partial charge in [0, 0.05) is 25.2 Å². The third kappa shape index (κ3) is 4.27. The fourth-order valence-corrected chi connectivity index (χ4v) is 1.99. The number of non-ortho nitro benzene ring substituents is 1. The molecule has 6 nitrogen and oxygen atoms in total. The van der Waals surface area contributed by atoms with Gasteiger partial charge in [0.05, 0.1) is 30.3 Å². The molecule has 0 aromatic heterocycles. The Bertz CT molecular complexity index is 421. The second-order valence-electron chi connectivity index (χ2n) is 4.67. The fraction of sp³-hybridized carbons (Fsp3) is 0.538. The van der Waals surface area contributed by atoms with Gasteiger partial charge in [0.1, 0.15) is 0 Å². The number of nitrogens with zero attached hydrogens (tertiary/aromatic N) is 1. The summed E-state index contributed by atoms with van der Waals surface area (Å²) in [6.07, 6.45) is 0.281. The van der Waals surface area contributed by atoms with Gasteiger partial charge in [-0.15, -0.1) is 0 Å². The van der Waals surface area contributed by atoms with E-state index in [0.29, 0.717) is 13.2 Å². The van der Waals surface area contributed by atoms with Gasteiger partial charge in [0.15, 0.2) is 0 Å². The highest BCUT2D eigenvalue weighted by atomic mass is 16.6. The summed E-state index contributed by atoms with van der Waals surface area (Å²) < 4.78 is 11.3.